The average molecular weight is 378 g/mol. The number of esters is 1. The van der Waals surface area contributed by atoms with Crippen LogP contribution in [0.2, 0.25) is 0 Å². The number of hydrogen-bond acceptors (Lipinski definition) is 5. The first kappa shape index (κ1) is 20.0. The van der Waals surface area contributed by atoms with Gasteiger partial charge < -0.3 is 10.1 Å². The van der Waals surface area contributed by atoms with E-state index in [2.05, 4.69) is 5.32 Å². The maximum atomic E-state index is 13.7. The predicted molar refractivity (Wildman–Crippen MR) is 90.9 cm³/mol. The van der Waals surface area contributed by atoms with Gasteiger partial charge in [0.05, 0.1) is 4.92 Å². The first-order valence-corrected chi connectivity index (χ1v) is 7.89. The summed E-state index contributed by atoms with van der Waals surface area (Å²) in [6.45, 7) is 2.71. The Morgan fingerprint density at radius 2 is 1.85 bits per heavy atom. The molecule has 2 atom stereocenters. The summed E-state index contributed by atoms with van der Waals surface area (Å²) >= 11 is 0. The minimum atomic E-state index is -1.11. The Morgan fingerprint density at radius 1 is 1.15 bits per heavy atom. The van der Waals surface area contributed by atoms with Crippen LogP contribution < -0.4 is 5.32 Å². The standard InChI is InChI=1S/C18H16F2N2O5/c1-10(21-17(23)12-4-3-5-14(8-12)22(25)26)18(24)27-11(2)15-9-13(19)6-7-16(15)20/h3-11H,1-2H3,(H,21,23)/t10-,11?/m0/s1. The van der Waals surface area contributed by atoms with Crippen molar-refractivity contribution in [2.45, 2.75) is 26.0 Å². The van der Waals surface area contributed by atoms with E-state index >= 15 is 0 Å². The molecule has 0 bridgehead atoms. The van der Waals surface area contributed by atoms with Gasteiger partial charge in [0.15, 0.2) is 0 Å². The summed E-state index contributed by atoms with van der Waals surface area (Å²) in [5.41, 5.74) is -0.415. The summed E-state index contributed by atoms with van der Waals surface area (Å²) < 4.78 is 32.0. The number of ether oxygens (including phenoxy) is 1. The van der Waals surface area contributed by atoms with Crippen LogP contribution in [0.4, 0.5) is 14.5 Å². The Bertz CT molecular complexity index is 888. The largest absolute Gasteiger partial charge is 0.456 e. The number of hydrogen-bond donors (Lipinski definition) is 1. The molecule has 0 aromatic heterocycles. The zero-order chi connectivity index (χ0) is 20.1. The van der Waals surface area contributed by atoms with Crippen LogP contribution in [0.3, 0.4) is 0 Å². The monoisotopic (exact) mass is 378 g/mol. The van der Waals surface area contributed by atoms with Crippen LogP contribution in [0.15, 0.2) is 42.5 Å². The maximum absolute atomic E-state index is 13.7. The van der Waals surface area contributed by atoms with Gasteiger partial charge in [0.25, 0.3) is 11.6 Å². The number of nitro benzene ring substituents is 1. The molecule has 0 aliphatic heterocycles. The van der Waals surface area contributed by atoms with Crippen molar-refractivity contribution in [1.82, 2.24) is 5.32 Å². The predicted octanol–water partition coefficient (Wildman–Crippen LogP) is 3.30. The number of rotatable bonds is 6. The summed E-state index contributed by atoms with van der Waals surface area (Å²) in [5.74, 6) is -3.00. The highest BCUT2D eigenvalue weighted by molar-refractivity contribution is 5.97. The molecule has 0 spiro atoms. The van der Waals surface area contributed by atoms with E-state index in [0.717, 1.165) is 24.3 Å². The van der Waals surface area contributed by atoms with E-state index < -0.39 is 40.6 Å². The summed E-state index contributed by atoms with van der Waals surface area (Å²) in [5, 5.41) is 13.1. The molecule has 0 saturated carbocycles. The quantitative estimate of drug-likeness (QED) is 0.472. The van der Waals surface area contributed by atoms with Gasteiger partial charge in [-0.2, -0.15) is 0 Å². The minimum absolute atomic E-state index is 0.00641. The Balaban J connectivity index is 2.02. The number of nitro groups is 1. The average Bonchev–Trinajstić information content (AvgIpc) is 2.63. The van der Waals surface area contributed by atoms with Crippen molar-refractivity contribution in [3.05, 3.63) is 75.3 Å². The Morgan fingerprint density at radius 3 is 2.52 bits per heavy atom. The zero-order valence-corrected chi connectivity index (χ0v) is 14.4. The third-order valence-electron chi connectivity index (χ3n) is 3.71. The number of non-ortho nitro benzene ring substituents is 1. The summed E-state index contributed by atoms with van der Waals surface area (Å²) in [7, 11) is 0. The molecule has 0 aliphatic carbocycles. The van der Waals surface area contributed by atoms with Crippen LogP contribution in [0.25, 0.3) is 0 Å². The van der Waals surface area contributed by atoms with Gasteiger partial charge >= 0.3 is 5.97 Å². The lowest BCUT2D eigenvalue weighted by atomic mass is 10.1. The molecule has 1 unspecified atom stereocenters. The van der Waals surface area contributed by atoms with E-state index in [1.807, 2.05) is 0 Å². The molecular weight excluding hydrogens is 362 g/mol. The number of carbonyl (C=O) groups excluding carboxylic acids is 2. The summed E-state index contributed by atoms with van der Waals surface area (Å²) in [6, 6.07) is 6.64. The van der Waals surface area contributed by atoms with E-state index in [1.54, 1.807) is 0 Å². The van der Waals surface area contributed by atoms with Crippen LogP contribution in [-0.2, 0) is 9.53 Å². The van der Waals surface area contributed by atoms with Crippen molar-refractivity contribution in [1.29, 1.82) is 0 Å². The zero-order valence-electron chi connectivity index (χ0n) is 14.4. The number of halogens is 2. The lowest BCUT2D eigenvalue weighted by Gasteiger charge is -2.18. The van der Waals surface area contributed by atoms with Crippen molar-refractivity contribution < 1.29 is 28.0 Å². The molecule has 0 radical (unpaired) electrons. The van der Waals surface area contributed by atoms with Crippen molar-refractivity contribution in [2.75, 3.05) is 0 Å². The Hall–Kier alpha value is -3.36. The molecule has 2 aromatic rings. The lowest BCUT2D eigenvalue weighted by Crippen LogP contribution is -2.39. The molecule has 0 heterocycles. The van der Waals surface area contributed by atoms with Crippen LogP contribution in [-0.4, -0.2) is 22.8 Å². The van der Waals surface area contributed by atoms with Crippen LogP contribution in [0.1, 0.15) is 35.9 Å². The van der Waals surface area contributed by atoms with Crippen LogP contribution in [0.5, 0.6) is 0 Å². The van der Waals surface area contributed by atoms with E-state index in [-0.39, 0.29) is 16.8 Å². The molecule has 2 rings (SSSR count). The second-order valence-corrected chi connectivity index (χ2v) is 5.75. The fraction of sp³-hybridized carbons (Fsp3) is 0.222. The summed E-state index contributed by atoms with van der Waals surface area (Å²) in [4.78, 5) is 34.3. The van der Waals surface area contributed by atoms with Gasteiger partial charge in [-0.25, -0.2) is 13.6 Å². The molecule has 1 N–H and O–H groups in total. The smallest absolute Gasteiger partial charge is 0.328 e. The maximum Gasteiger partial charge on any atom is 0.328 e. The van der Waals surface area contributed by atoms with Gasteiger partial charge in [0, 0.05) is 23.3 Å². The minimum Gasteiger partial charge on any atom is -0.456 e. The first-order valence-electron chi connectivity index (χ1n) is 7.89. The first-order chi connectivity index (χ1) is 12.7. The van der Waals surface area contributed by atoms with Gasteiger partial charge in [-0.05, 0) is 38.1 Å². The fourth-order valence-corrected chi connectivity index (χ4v) is 2.27. The number of amides is 1. The molecule has 2 aromatic carbocycles. The van der Waals surface area contributed by atoms with Crippen molar-refractivity contribution in [3.63, 3.8) is 0 Å². The lowest BCUT2D eigenvalue weighted by molar-refractivity contribution is -0.384. The normalized spacial score (nSPS) is 12.7. The van der Waals surface area contributed by atoms with Gasteiger partial charge in [-0.15, -0.1) is 0 Å². The molecule has 0 aliphatic rings. The van der Waals surface area contributed by atoms with Crippen LogP contribution in [0, 0.1) is 21.7 Å². The van der Waals surface area contributed by atoms with Crippen molar-refractivity contribution in [2.24, 2.45) is 0 Å². The number of nitrogens with zero attached hydrogens (tertiary/aromatic N) is 1. The molecular formula is C18H16F2N2O5. The van der Waals surface area contributed by atoms with Crippen molar-refractivity contribution in [3.8, 4) is 0 Å². The van der Waals surface area contributed by atoms with Crippen molar-refractivity contribution >= 4 is 17.6 Å². The van der Waals surface area contributed by atoms with E-state index in [4.69, 9.17) is 4.74 Å². The molecule has 7 nitrogen and oxygen atoms in total. The third kappa shape index (κ3) is 5.06. The molecule has 1 amide bonds. The molecule has 9 heteroatoms. The van der Waals surface area contributed by atoms with Gasteiger partial charge in [0.1, 0.15) is 23.8 Å². The highest BCUT2D eigenvalue weighted by Crippen LogP contribution is 2.22. The highest BCUT2D eigenvalue weighted by atomic mass is 19.1. The van der Waals surface area contributed by atoms with E-state index in [0.29, 0.717) is 0 Å². The number of carbonyl (C=O) groups is 2. The molecule has 0 saturated heterocycles. The molecule has 0 fully saturated rings. The Kier molecular flexibility index (Phi) is 6.17. The topological polar surface area (TPSA) is 98.5 Å². The third-order valence-corrected chi connectivity index (χ3v) is 3.71. The van der Waals surface area contributed by atoms with Crippen LogP contribution >= 0.6 is 0 Å². The molecule has 27 heavy (non-hydrogen) atoms. The second kappa shape index (κ2) is 8.35. The Labute approximate surface area is 153 Å². The molecule has 142 valence electrons. The number of nitrogens with one attached hydrogen (secondary N) is 1. The van der Waals surface area contributed by atoms with E-state index in [1.165, 1.54) is 32.0 Å². The summed E-state index contributed by atoms with van der Waals surface area (Å²) in [6.07, 6.45) is -1.08. The number of benzene rings is 2. The van der Waals surface area contributed by atoms with Gasteiger partial charge in [-0.3, -0.25) is 14.9 Å². The second-order valence-electron chi connectivity index (χ2n) is 5.75. The van der Waals surface area contributed by atoms with E-state index in [9.17, 15) is 28.5 Å². The van der Waals surface area contributed by atoms with Gasteiger partial charge in [0.2, 0.25) is 0 Å². The fourth-order valence-electron chi connectivity index (χ4n) is 2.27. The highest BCUT2D eigenvalue weighted by Gasteiger charge is 2.23. The van der Waals surface area contributed by atoms with Gasteiger partial charge in [-0.1, -0.05) is 6.07 Å². The SMILES string of the molecule is CC(OC(=O)[C@H](C)NC(=O)c1cccc([N+](=O)[O-])c1)c1cc(F)ccc1F.